The minimum absolute atomic E-state index is 0.0116. The Labute approximate surface area is 113 Å². The van der Waals surface area contributed by atoms with Crippen molar-refractivity contribution in [2.24, 2.45) is 0 Å². The van der Waals surface area contributed by atoms with Gasteiger partial charge in [-0.05, 0) is 39.7 Å². The van der Waals surface area contributed by atoms with Crippen LogP contribution in [0.2, 0.25) is 0 Å². The second kappa shape index (κ2) is 8.13. The van der Waals surface area contributed by atoms with Crippen LogP contribution in [0.5, 0.6) is 0 Å². The van der Waals surface area contributed by atoms with Gasteiger partial charge in [0, 0.05) is 7.11 Å². The Bertz CT molecular complexity index is 213. The highest BCUT2D eigenvalue weighted by Crippen LogP contribution is 2.34. The van der Waals surface area contributed by atoms with E-state index in [2.05, 4.69) is 26.1 Å². The normalized spacial score (nSPS) is 21.2. The third kappa shape index (κ3) is 4.52. The number of nitrogens with one attached hydrogen (secondary N) is 1. The number of hydrogen-bond acceptors (Lipinski definition) is 3. The molecule has 1 unspecified atom stereocenters. The average molecular weight is 257 g/mol. The lowest BCUT2D eigenvalue weighted by atomic mass is 9.79. The fourth-order valence-corrected chi connectivity index (χ4v) is 2.85. The summed E-state index contributed by atoms with van der Waals surface area (Å²) >= 11 is 0. The Morgan fingerprint density at radius 1 is 1.17 bits per heavy atom. The van der Waals surface area contributed by atoms with Gasteiger partial charge in [-0.25, -0.2) is 0 Å². The molecule has 0 aliphatic heterocycles. The summed E-state index contributed by atoms with van der Waals surface area (Å²) in [6, 6.07) is 0.324. The van der Waals surface area contributed by atoms with E-state index in [0.29, 0.717) is 6.04 Å². The molecule has 3 heteroatoms. The lowest BCUT2D eigenvalue weighted by Gasteiger charge is -2.43. The van der Waals surface area contributed by atoms with Crippen molar-refractivity contribution in [2.45, 2.75) is 77.0 Å². The van der Waals surface area contributed by atoms with Gasteiger partial charge in [0.25, 0.3) is 0 Å². The van der Waals surface area contributed by atoms with Gasteiger partial charge in [0.1, 0.15) is 0 Å². The van der Waals surface area contributed by atoms with Crippen molar-refractivity contribution in [2.75, 3.05) is 20.3 Å². The largest absolute Gasteiger partial charge is 0.377 e. The van der Waals surface area contributed by atoms with Crippen molar-refractivity contribution >= 4 is 0 Å². The van der Waals surface area contributed by atoms with Gasteiger partial charge in [0.05, 0.1) is 24.4 Å². The van der Waals surface area contributed by atoms with E-state index in [9.17, 15) is 0 Å². The van der Waals surface area contributed by atoms with Crippen LogP contribution in [0.25, 0.3) is 0 Å². The van der Waals surface area contributed by atoms with Crippen molar-refractivity contribution in [1.82, 2.24) is 5.32 Å². The zero-order chi connectivity index (χ0) is 13.4. The van der Waals surface area contributed by atoms with Gasteiger partial charge in [-0.15, -0.1) is 0 Å². The molecule has 0 heterocycles. The summed E-state index contributed by atoms with van der Waals surface area (Å²) in [6.07, 6.45) is 7.65. The molecule has 0 bridgehead atoms. The fraction of sp³-hybridized carbons (Fsp3) is 1.00. The number of hydrogen-bond donors (Lipinski definition) is 1. The molecule has 1 aliphatic rings. The number of methoxy groups -OCH3 is 1. The summed E-state index contributed by atoms with van der Waals surface area (Å²) in [5.41, 5.74) is -0.0116. The fourth-order valence-electron chi connectivity index (χ4n) is 2.85. The maximum atomic E-state index is 5.93. The van der Waals surface area contributed by atoms with Crippen LogP contribution < -0.4 is 5.32 Å². The molecule has 0 aromatic carbocycles. The van der Waals surface area contributed by atoms with Gasteiger partial charge in [-0.3, -0.25) is 0 Å². The van der Waals surface area contributed by atoms with E-state index in [1.54, 1.807) is 0 Å². The molecule has 18 heavy (non-hydrogen) atoms. The van der Waals surface area contributed by atoms with Gasteiger partial charge in [0.15, 0.2) is 0 Å². The molecule has 1 fully saturated rings. The molecule has 1 rings (SSSR count). The van der Waals surface area contributed by atoms with E-state index in [1.807, 2.05) is 7.11 Å². The van der Waals surface area contributed by atoms with Crippen molar-refractivity contribution < 1.29 is 9.47 Å². The van der Waals surface area contributed by atoms with Crippen LogP contribution in [-0.2, 0) is 9.47 Å². The Morgan fingerprint density at radius 3 is 2.33 bits per heavy atom. The summed E-state index contributed by atoms with van der Waals surface area (Å²) < 4.78 is 11.8. The lowest BCUT2D eigenvalue weighted by molar-refractivity contribution is -0.0917. The molecule has 0 spiro atoms. The monoisotopic (exact) mass is 257 g/mol. The quantitative estimate of drug-likeness (QED) is 0.724. The standard InChI is InChI=1S/C15H31NO2/c1-5-11-16-14(12-18-13(2)3)15(17-4)9-7-6-8-10-15/h13-14,16H,5-12H2,1-4H3. The molecule has 108 valence electrons. The van der Waals surface area contributed by atoms with E-state index in [4.69, 9.17) is 9.47 Å². The first-order chi connectivity index (χ1) is 8.64. The molecule has 0 aromatic rings. The smallest absolute Gasteiger partial charge is 0.0853 e. The van der Waals surface area contributed by atoms with E-state index < -0.39 is 0 Å². The minimum atomic E-state index is -0.0116. The Hall–Kier alpha value is -0.120. The highest BCUT2D eigenvalue weighted by Gasteiger charge is 2.39. The molecular formula is C15H31NO2. The van der Waals surface area contributed by atoms with Crippen LogP contribution in [-0.4, -0.2) is 38.0 Å². The van der Waals surface area contributed by atoms with Gasteiger partial charge >= 0.3 is 0 Å². The van der Waals surface area contributed by atoms with Gasteiger partial charge in [0.2, 0.25) is 0 Å². The second-order valence-electron chi connectivity index (χ2n) is 5.72. The van der Waals surface area contributed by atoms with E-state index in [-0.39, 0.29) is 11.7 Å². The zero-order valence-electron chi connectivity index (χ0n) is 12.6. The van der Waals surface area contributed by atoms with Crippen LogP contribution in [0, 0.1) is 0 Å². The molecular weight excluding hydrogens is 226 g/mol. The summed E-state index contributed by atoms with van der Waals surface area (Å²) in [5, 5.41) is 3.64. The predicted molar refractivity (Wildman–Crippen MR) is 76.0 cm³/mol. The average Bonchev–Trinajstić information content (AvgIpc) is 2.39. The lowest BCUT2D eigenvalue weighted by Crippen LogP contribution is -2.56. The maximum absolute atomic E-state index is 5.93. The summed E-state index contributed by atoms with van der Waals surface area (Å²) in [6.45, 7) is 8.19. The van der Waals surface area contributed by atoms with Crippen LogP contribution in [0.1, 0.15) is 59.3 Å². The molecule has 3 nitrogen and oxygen atoms in total. The molecule has 1 saturated carbocycles. The summed E-state index contributed by atoms with van der Waals surface area (Å²) in [7, 11) is 1.86. The molecule has 0 radical (unpaired) electrons. The molecule has 1 aliphatic carbocycles. The SMILES string of the molecule is CCCNC(COC(C)C)C1(OC)CCCCC1. The Kier molecular flexibility index (Phi) is 7.20. The van der Waals surface area contributed by atoms with Crippen molar-refractivity contribution in [3.05, 3.63) is 0 Å². The third-order valence-corrected chi connectivity index (χ3v) is 3.98. The highest BCUT2D eigenvalue weighted by molar-refractivity contribution is 4.95. The zero-order valence-corrected chi connectivity index (χ0v) is 12.6. The van der Waals surface area contributed by atoms with Gasteiger partial charge in [-0.1, -0.05) is 26.2 Å². The summed E-state index contributed by atoms with van der Waals surface area (Å²) in [4.78, 5) is 0. The van der Waals surface area contributed by atoms with Crippen molar-refractivity contribution in [1.29, 1.82) is 0 Å². The van der Waals surface area contributed by atoms with Gasteiger partial charge in [-0.2, -0.15) is 0 Å². The number of ether oxygens (including phenoxy) is 2. The highest BCUT2D eigenvalue weighted by atomic mass is 16.5. The van der Waals surface area contributed by atoms with Crippen LogP contribution in [0.15, 0.2) is 0 Å². The van der Waals surface area contributed by atoms with E-state index in [1.165, 1.54) is 19.3 Å². The Balaban J connectivity index is 2.64. The maximum Gasteiger partial charge on any atom is 0.0853 e. The molecule has 1 N–H and O–H groups in total. The van der Waals surface area contributed by atoms with Gasteiger partial charge < -0.3 is 14.8 Å². The third-order valence-electron chi connectivity index (χ3n) is 3.98. The van der Waals surface area contributed by atoms with Crippen molar-refractivity contribution in [3.63, 3.8) is 0 Å². The second-order valence-corrected chi connectivity index (χ2v) is 5.72. The molecule has 0 amide bonds. The van der Waals surface area contributed by atoms with Crippen LogP contribution >= 0.6 is 0 Å². The molecule has 1 atom stereocenters. The van der Waals surface area contributed by atoms with E-state index in [0.717, 1.165) is 32.4 Å². The number of rotatable bonds is 8. The first-order valence-corrected chi connectivity index (χ1v) is 7.54. The first-order valence-electron chi connectivity index (χ1n) is 7.54. The van der Waals surface area contributed by atoms with Crippen LogP contribution in [0.4, 0.5) is 0 Å². The van der Waals surface area contributed by atoms with E-state index >= 15 is 0 Å². The Morgan fingerprint density at radius 2 is 1.83 bits per heavy atom. The molecule has 0 aromatic heterocycles. The predicted octanol–water partition coefficient (Wildman–Crippen LogP) is 3.13. The van der Waals surface area contributed by atoms with Crippen LogP contribution in [0.3, 0.4) is 0 Å². The van der Waals surface area contributed by atoms with Crippen molar-refractivity contribution in [3.8, 4) is 0 Å². The first kappa shape index (κ1) is 15.9. The molecule has 0 saturated heterocycles. The summed E-state index contributed by atoms with van der Waals surface area (Å²) in [5.74, 6) is 0. The topological polar surface area (TPSA) is 30.5 Å². The minimum Gasteiger partial charge on any atom is -0.377 e.